The summed E-state index contributed by atoms with van der Waals surface area (Å²) in [4.78, 5) is 12.4. The number of amides is 1. The van der Waals surface area contributed by atoms with Crippen molar-refractivity contribution < 1.29 is 13.2 Å². The number of hydrogen-bond donors (Lipinski definition) is 2. The first-order valence-corrected chi connectivity index (χ1v) is 12.5. The molecule has 1 aromatic heterocycles. The van der Waals surface area contributed by atoms with E-state index in [2.05, 4.69) is 20.2 Å². The highest BCUT2D eigenvalue weighted by Crippen LogP contribution is 2.28. The molecule has 7 nitrogen and oxygen atoms in total. The number of aryl methyl sites for hydroxylation is 2. The number of hydrogen-bond acceptors (Lipinski definition) is 7. The summed E-state index contributed by atoms with van der Waals surface area (Å²) in [5.74, 6) is 0.341. The number of carbonyl (C=O) groups excluding carboxylic acids is 1. The Hall–Kier alpha value is -2.14. The predicted octanol–water partition coefficient (Wildman–Crippen LogP) is 4.97. The van der Waals surface area contributed by atoms with Crippen LogP contribution in [0.3, 0.4) is 0 Å². The summed E-state index contributed by atoms with van der Waals surface area (Å²) in [6.45, 7) is 5.66. The molecule has 0 aliphatic rings. The summed E-state index contributed by atoms with van der Waals surface area (Å²) in [5, 5.41) is 10.9. The highest BCUT2D eigenvalue weighted by Gasteiger charge is 2.22. The van der Waals surface area contributed by atoms with E-state index in [1.54, 1.807) is 13.0 Å². The van der Waals surface area contributed by atoms with Crippen LogP contribution in [0.4, 0.5) is 10.8 Å². The lowest BCUT2D eigenvalue weighted by atomic mass is 10.1. The Morgan fingerprint density at radius 1 is 1.17 bits per heavy atom. The minimum absolute atomic E-state index is 0.0157. The highest BCUT2D eigenvalue weighted by molar-refractivity contribution is 8.01. The second-order valence-corrected chi connectivity index (χ2v) is 10.9. The van der Waals surface area contributed by atoms with Crippen LogP contribution in [-0.4, -0.2) is 30.3 Å². The van der Waals surface area contributed by atoms with Crippen LogP contribution in [0, 0.1) is 13.8 Å². The maximum atomic E-state index is 12.9. The minimum Gasteiger partial charge on any atom is -0.296 e. The molecule has 0 saturated carbocycles. The molecule has 0 spiro atoms. The number of benzene rings is 2. The van der Waals surface area contributed by atoms with E-state index in [4.69, 9.17) is 11.6 Å². The Balaban J connectivity index is 1.86. The van der Waals surface area contributed by atoms with Crippen LogP contribution in [0.1, 0.15) is 28.4 Å². The second-order valence-electron chi connectivity index (χ2n) is 6.33. The fourth-order valence-electron chi connectivity index (χ4n) is 2.51. The Labute approximate surface area is 188 Å². The van der Waals surface area contributed by atoms with E-state index in [1.807, 2.05) is 26.0 Å². The first-order chi connectivity index (χ1) is 14.2. The maximum absolute atomic E-state index is 12.9. The van der Waals surface area contributed by atoms with Gasteiger partial charge in [0.2, 0.25) is 5.13 Å². The molecule has 0 bridgehead atoms. The summed E-state index contributed by atoms with van der Waals surface area (Å²) in [7, 11) is -4.01. The van der Waals surface area contributed by atoms with Gasteiger partial charge in [0.15, 0.2) is 4.34 Å². The van der Waals surface area contributed by atoms with Crippen LogP contribution in [0.2, 0.25) is 5.02 Å². The van der Waals surface area contributed by atoms with E-state index in [1.165, 1.54) is 41.3 Å². The number of sulfonamides is 1. The van der Waals surface area contributed by atoms with Crippen molar-refractivity contribution in [2.75, 3.05) is 15.8 Å². The van der Waals surface area contributed by atoms with Crippen LogP contribution in [-0.2, 0) is 10.0 Å². The van der Waals surface area contributed by atoms with Crippen LogP contribution in [0.25, 0.3) is 0 Å². The normalized spacial score (nSPS) is 11.3. The monoisotopic (exact) mass is 482 g/mol. The van der Waals surface area contributed by atoms with Crippen molar-refractivity contribution in [3.05, 3.63) is 58.1 Å². The first-order valence-electron chi connectivity index (χ1n) is 8.87. The van der Waals surface area contributed by atoms with Crippen molar-refractivity contribution in [2.45, 2.75) is 30.0 Å². The molecular weight excluding hydrogens is 464 g/mol. The fraction of sp³-hybridized carbons (Fsp3) is 0.211. The average molecular weight is 483 g/mol. The van der Waals surface area contributed by atoms with E-state index < -0.39 is 15.9 Å². The van der Waals surface area contributed by atoms with Crippen molar-refractivity contribution in [1.29, 1.82) is 0 Å². The molecule has 0 radical (unpaired) electrons. The second kappa shape index (κ2) is 9.34. The number of halogens is 1. The van der Waals surface area contributed by atoms with Gasteiger partial charge in [-0.15, -0.1) is 10.2 Å². The van der Waals surface area contributed by atoms with Crippen molar-refractivity contribution in [2.24, 2.45) is 0 Å². The summed E-state index contributed by atoms with van der Waals surface area (Å²) < 4.78 is 29.2. The highest BCUT2D eigenvalue weighted by atomic mass is 35.5. The van der Waals surface area contributed by atoms with Gasteiger partial charge in [-0.3, -0.25) is 14.8 Å². The third kappa shape index (κ3) is 5.31. The smallest absolute Gasteiger partial charge is 0.263 e. The SMILES string of the molecule is CCSc1nnc(NC(=O)c2ccc(Cl)c(S(=O)(=O)Nc3cc(C)ccc3C)c2)s1. The molecule has 1 heterocycles. The molecule has 0 atom stereocenters. The number of anilines is 2. The molecule has 2 aromatic carbocycles. The molecule has 2 N–H and O–H groups in total. The lowest BCUT2D eigenvalue weighted by molar-refractivity contribution is 0.102. The molecule has 0 unspecified atom stereocenters. The van der Waals surface area contributed by atoms with Crippen LogP contribution in [0.5, 0.6) is 0 Å². The first kappa shape index (κ1) is 22.5. The third-order valence-corrected chi connectivity index (χ3v) is 7.72. The van der Waals surface area contributed by atoms with Gasteiger partial charge in [0.05, 0.1) is 10.7 Å². The number of nitrogens with one attached hydrogen (secondary N) is 2. The van der Waals surface area contributed by atoms with E-state index in [0.29, 0.717) is 10.8 Å². The zero-order chi connectivity index (χ0) is 21.9. The van der Waals surface area contributed by atoms with E-state index in [-0.39, 0.29) is 15.5 Å². The van der Waals surface area contributed by atoms with Crippen molar-refractivity contribution in [3.63, 3.8) is 0 Å². The van der Waals surface area contributed by atoms with Crippen LogP contribution >= 0.6 is 34.7 Å². The van der Waals surface area contributed by atoms with Crippen molar-refractivity contribution >= 4 is 61.4 Å². The summed E-state index contributed by atoms with van der Waals surface area (Å²) >= 11 is 8.92. The molecular formula is C19H19ClN4O3S3. The van der Waals surface area contributed by atoms with Gasteiger partial charge < -0.3 is 0 Å². The Morgan fingerprint density at radius 3 is 2.67 bits per heavy atom. The van der Waals surface area contributed by atoms with Gasteiger partial charge in [-0.2, -0.15) is 0 Å². The predicted molar refractivity (Wildman–Crippen MR) is 122 cm³/mol. The zero-order valence-corrected chi connectivity index (χ0v) is 19.6. The van der Waals surface area contributed by atoms with Crippen molar-refractivity contribution in [3.8, 4) is 0 Å². The molecule has 3 aromatic rings. The maximum Gasteiger partial charge on any atom is 0.263 e. The number of aromatic nitrogens is 2. The van der Waals surface area contributed by atoms with Gasteiger partial charge in [0.25, 0.3) is 15.9 Å². The number of rotatable bonds is 7. The summed E-state index contributed by atoms with van der Waals surface area (Å²) in [6.07, 6.45) is 0. The summed E-state index contributed by atoms with van der Waals surface area (Å²) in [5.41, 5.74) is 2.28. The topological polar surface area (TPSA) is 101 Å². The standard InChI is InChI=1S/C19H19ClN4O3S3/c1-4-28-19-23-22-18(29-19)21-17(25)13-7-8-14(20)16(10-13)30(26,27)24-15-9-11(2)5-6-12(15)3/h5-10,24H,4H2,1-3H3,(H,21,22,25). The molecule has 11 heteroatoms. The lowest BCUT2D eigenvalue weighted by Crippen LogP contribution is -2.17. The molecule has 0 aliphatic heterocycles. The van der Waals surface area contributed by atoms with Gasteiger partial charge in [-0.1, -0.05) is 53.8 Å². The van der Waals surface area contributed by atoms with E-state index in [0.717, 1.165) is 21.2 Å². The number of thioether (sulfide) groups is 1. The minimum atomic E-state index is -4.01. The molecule has 0 aliphatic carbocycles. The fourth-order valence-corrected chi connectivity index (χ4v) is 5.80. The molecule has 3 rings (SSSR count). The number of carbonyl (C=O) groups is 1. The molecule has 0 fully saturated rings. The Kier molecular flexibility index (Phi) is 7.02. The van der Waals surface area contributed by atoms with Gasteiger partial charge in [0.1, 0.15) is 4.90 Å². The molecule has 1 amide bonds. The van der Waals surface area contributed by atoms with E-state index >= 15 is 0 Å². The third-order valence-electron chi connectivity index (χ3n) is 4.02. The molecule has 30 heavy (non-hydrogen) atoms. The van der Waals surface area contributed by atoms with Crippen LogP contribution < -0.4 is 10.0 Å². The van der Waals surface area contributed by atoms with Gasteiger partial charge in [0, 0.05) is 5.56 Å². The largest absolute Gasteiger partial charge is 0.296 e. The van der Waals surface area contributed by atoms with Gasteiger partial charge in [-0.05, 0) is 55.0 Å². The molecule has 158 valence electrons. The number of nitrogens with zero attached hydrogens (tertiary/aromatic N) is 2. The van der Waals surface area contributed by atoms with Gasteiger partial charge >= 0.3 is 0 Å². The Bertz CT molecular complexity index is 1200. The van der Waals surface area contributed by atoms with Crippen LogP contribution in [0.15, 0.2) is 45.6 Å². The zero-order valence-electron chi connectivity index (χ0n) is 16.4. The lowest BCUT2D eigenvalue weighted by Gasteiger charge is -2.13. The summed E-state index contributed by atoms with van der Waals surface area (Å²) in [6, 6.07) is 9.53. The quantitative estimate of drug-likeness (QED) is 0.364. The van der Waals surface area contributed by atoms with E-state index in [9.17, 15) is 13.2 Å². The average Bonchev–Trinajstić information content (AvgIpc) is 3.12. The molecule has 0 saturated heterocycles. The Morgan fingerprint density at radius 2 is 1.93 bits per heavy atom. The van der Waals surface area contributed by atoms with Gasteiger partial charge in [-0.25, -0.2) is 8.42 Å². The van der Waals surface area contributed by atoms with Crippen molar-refractivity contribution in [1.82, 2.24) is 10.2 Å².